The van der Waals surface area contributed by atoms with Crippen molar-refractivity contribution in [2.24, 2.45) is 0 Å². The van der Waals surface area contributed by atoms with Gasteiger partial charge in [-0.25, -0.2) is 4.79 Å². The molecule has 0 amide bonds. The van der Waals surface area contributed by atoms with Gasteiger partial charge in [0.2, 0.25) is 0 Å². The number of ketones is 1. The minimum Gasteiger partial charge on any atom is -0.431 e. The molecule has 0 aromatic heterocycles. The van der Waals surface area contributed by atoms with Crippen LogP contribution < -0.4 is 0 Å². The summed E-state index contributed by atoms with van der Waals surface area (Å²) in [6.07, 6.45) is 0.647. The lowest BCUT2D eigenvalue weighted by Crippen LogP contribution is -2.39. The lowest BCUT2D eigenvalue weighted by atomic mass is 9.92. The molecule has 1 aromatic carbocycles. The molecule has 0 aliphatic carbocycles. The second-order valence-electron chi connectivity index (χ2n) is 5.93. The van der Waals surface area contributed by atoms with E-state index >= 15 is 0 Å². The van der Waals surface area contributed by atoms with Crippen LogP contribution >= 0.6 is 12.4 Å². The number of hydrogen-bond acceptors (Lipinski definition) is 5. The molecular weight excluding hydrogens is 318 g/mol. The van der Waals surface area contributed by atoms with Gasteiger partial charge < -0.3 is 14.4 Å². The van der Waals surface area contributed by atoms with E-state index in [0.717, 1.165) is 25.9 Å². The van der Waals surface area contributed by atoms with Crippen molar-refractivity contribution in [3.8, 4) is 0 Å². The Morgan fingerprint density at radius 3 is 2.26 bits per heavy atom. The number of nitrogens with zero attached hydrogens (tertiary/aromatic N) is 1. The molecule has 5 nitrogen and oxygen atoms in total. The number of Topliss-reactive ketones (excluding diaryl/α,β-unsaturated/α-hetero) is 1. The maximum Gasteiger partial charge on any atom is 0.509 e. The van der Waals surface area contributed by atoms with Gasteiger partial charge in [0, 0.05) is 18.7 Å². The maximum atomic E-state index is 12.1. The van der Waals surface area contributed by atoms with Crippen molar-refractivity contribution in [1.82, 2.24) is 4.90 Å². The zero-order valence-corrected chi connectivity index (χ0v) is 14.6. The van der Waals surface area contributed by atoms with Gasteiger partial charge >= 0.3 is 6.16 Å². The first-order chi connectivity index (χ1) is 10.4. The van der Waals surface area contributed by atoms with Crippen LogP contribution in [0, 0.1) is 0 Å². The van der Waals surface area contributed by atoms with E-state index in [0.29, 0.717) is 5.56 Å². The van der Waals surface area contributed by atoms with Gasteiger partial charge in [-0.1, -0.05) is 30.3 Å². The van der Waals surface area contributed by atoms with Crippen molar-refractivity contribution < 1.29 is 19.1 Å². The zero-order valence-electron chi connectivity index (χ0n) is 13.8. The topological polar surface area (TPSA) is 55.8 Å². The highest BCUT2D eigenvalue weighted by molar-refractivity contribution is 5.87. The molecule has 1 atom stereocenters. The summed E-state index contributed by atoms with van der Waals surface area (Å²) < 4.78 is 10.8. The number of carbonyl (C=O) groups excluding carboxylic acids is 2. The fourth-order valence-electron chi connectivity index (χ4n) is 2.52. The number of hydrogen-bond donors (Lipinski definition) is 0. The molecule has 6 heteroatoms. The molecule has 2 rings (SSSR count). The first-order valence-electron chi connectivity index (χ1n) is 7.56. The van der Waals surface area contributed by atoms with Gasteiger partial charge in [0.1, 0.15) is 6.10 Å². The van der Waals surface area contributed by atoms with Gasteiger partial charge in [0.05, 0.1) is 0 Å². The van der Waals surface area contributed by atoms with Crippen molar-refractivity contribution in [1.29, 1.82) is 0 Å². The predicted octanol–water partition coefficient (Wildman–Crippen LogP) is 3.16. The number of likely N-dealkylation sites (tertiary alicyclic amines) is 1. The summed E-state index contributed by atoms with van der Waals surface area (Å²) in [5, 5.41) is 0. The Bertz CT molecular complexity index is 529. The average Bonchev–Trinajstić information content (AvgIpc) is 2.50. The molecule has 1 heterocycles. The molecule has 1 aromatic rings. The summed E-state index contributed by atoms with van der Waals surface area (Å²) in [4.78, 5) is 26.3. The Balaban J connectivity index is 0.00000264. The minimum absolute atomic E-state index is 0. The second kappa shape index (κ2) is 8.31. The van der Waals surface area contributed by atoms with Crippen LogP contribution in [0.15, 0.2) is 30.3 Å². The SMILES string of the molecule is CC(=O)C(C)(OC(=O)OC1CCN(C)CC1)c1ccccc1.Cl. The number of benzene rings is 1. The quantitative estimate of drug-likeness (QED) is 0.787. The number of halogens is 1. The van der Waals surface area contributed by atoms with Crippen molar-refractivity contribution in [3.63, 3.8) is 0 Å². The Hall–Kier alpha value is -1.59. The highest BCUT2D eigenvalue weighted by Gasteiger charge is 2.37. The Kier molecular flexibility index (Phi) is 7.03. The van der Waals surface area contributed by atoms with Crippen LogP contribution in [-0.2, 0) is 19.9 Å². The van der Waals surface area contributed by atoms with Crippen molar-refractivity contribution in [2.45, 2.75) is 38.4 Å². The van der Waals surface area contributed by atoms with Crippen LogP contribution in [0.1, 0.15) is 32.3 Å². The van der Waals surface area contributed by atoms with Crippen LogP contribution in [0.4, 0.5) is 4.79 Å². The third kappa shape index (κ3) is 4.94. The largest absolute Gasteiger partial charge is 0.509 e. The first-order valence-corrected chi connectivity index (χ1v) is 7.56. The third-order valence-electron chi connectivity index (χ3n) is 4.21. The summed E-state index contributed by atoms with van der Waals surface area (Å²) in [5.74, 6) is -0.237. The van der Waals surface area contributed by atoms with E-state index in [1.165, 1.54) is 6.92 Å². The monoisotopic (exact) mass is 341 g/mol. The molecule has 23 heavy (non-hydrogen) atoms. The van der Waals surface area contributed by atoms with Crippen LogP contribution in [0.3, 0.4) is 0 Å². The van der Waals surface area contributed by atoms with Gasteiger partial charge in [-0.3, -0.25) is 4.79 Å². The molecule has 1 saturated heterocycles. The zero-order chi connectivity index (χ0) is 16.2. The molecule has 1 fully saturated rings. The summed E-state index contributed by atoms with van der Waals surface area (Å²) in [5.41, 5.74) is -0.674. The van der Waals surface area contributed by atoms with Crippen LogP contribution in [0.25, 0.3) is 0 Å². The van der Waals surface area contributed by atoms with E-state index in [2.05, 4.69) is 4.90 Å². The molecule has 0 bridgehead atoms. The Morgan fingerprint density at radius 1 is 1.17 bits per heavy atom. The lowest BCUT2D eigenvalue weighted by Gasteiger charge is -2.31. The summed E-state index contributed by atoms with van der Waals surface area (Å²) >= 11 is 0. The molecule has 1 unspecified atom stereocenters. The molecule has 0 N–H and O–H groups in total. The van der Waals surface area contributed by atoms with E-state index in [4.69, 9.17) is 9.47 Å². The summed E-state index contributed by atoms with van der Waals surface area (Å²) in [6, 6.07) is 9.00. The minimum atomic E-state index is -1.32. The number of carbonyl (C=O) groups is 2. The lowest BCUT2D eigenvalue weighted by molar-refractivity contribution is -0.139. The summed E-state index contributed by atoms with van der Waals surface area (Å²) in [7, 11) is 2.04. The van der Waals surface area contributed by atoms with Crippen LogP contribution in [0.2, 0.25) is 0 Å². The van der Waals surface area contributed by atoms with E-state index in [-0.39, 0.29) is 24.3 Å². The Morgan fingerprint density at radius 2 is 1.74 bits per heavy atom. The first kappa shape index (κ1) is 19.5. The highest BCUT2D eigenvalue weighted by Crippen LogP contribution is 2.27. The van der Waals surface area contributed by atoms with E-state index in [1.807, 2.05) is 25.2 Å². The third-order valence-corrected chi connectivity index (χ3v) is 4.21. The van der Waals surface area contributed by atoms with Gasteiger partial charge in [-0.05, 0) is 33.7 Å². The van der Waals surface area contributed by atoms with Gasteiger partial charge in [0.25, 0.3) is 0 Å². The molecule has 0 spiro atoms. The second-order valence-corrected chi connectivity index (χ2v) is 5.93. The van der Waals surface area contributed by atoms with Crippen molar-refractivity contribution >= 4 is 24.3 Å². The predicted molar refractivity (Wildman–Crippen MR) is 89.8 cm³/mol. The highest BCUT2D eigenvalue weighted by atomic mass is 35.5. The Labute approximate surface area is 143 Å². The molecule has 128 valence electrons. The fourth-order valence-corrected chi connectivity index (χ4v) is 2.52. The van der Waals surface area contributed by atoms with E-state index in [9.17, 15) is 9.59 Å². The van der Waals surface area contributed by atoms with Gasteiger partial charge in [-0.15, -0.1) is 12.4 Å². The number of ether oxygens (including phenoxy) is 2. The van der Waals surface area contributed by atoms with Gasteiger partial charge in [-0.2, -0.15) is 0 Å². The maximum absolute atomic E-state index is 12.1. The van der Waals surface area contributed by atoms with Gasteiger partial charge in [0.15, 0.2) is 11.4 Å². The fraction of sp³-hybridized carbons (Fsp3) is 0.529. The van der Waals surface area contributed by atoms with Crippen LogP contribution in [-0.4, -0.2) is 43.1 Å². The molecule has 1 aliphatic rings. The smallest absolute Gasteiger partial charge is 0.431 e. The summed E-state index contributed by atoms with van der Waals surface area (Å²) in [6.45, 7) is 4.79. The van der Waals surface area contributed by atoms with E-state index < -0.39 is 11.8 Å². The molecule has 0 saturated carbocycles. The standard InChI is InChI=1S/C17H23NO4.ClH/c1-13(19)17(2,14-7-5-4-6-8-14)22-16(20)21-15-9-11-18(3)12-10-15;/h4-8,15H,9-12H2,1-3H3;1H. The molecule has 0 radical (unpaired) electrons. The van der Waals surface area contributed by atoms with Crippen molar-refractivity contribution in [3.05, 3.63) is 35.9 Å². The molecular formula is C17H24ClNO4. The van der Waals surface area contributed by atoms with Crippen molar-refractivity contribution in [2.75, 3.05) is 20.1 Å². The number of piperidine rings is 1. The van der Waals surface area contributed by atoms with E-state index in [1.54, 1.807) is 19.1 Å². The average molecular weight is 342 g/mol. The van der Waals surface area contributed by atoms with Crippen LogP contribution in [0.5, 0.6) is 0 Å². The number of rotatable bonds is 4. The normalized spacial score (nSPS) is 18.4. The molecule has 1 aliphatic heterocycles.